The van der Waals surface area contributed by atoms with Crippen LogP contribution in [0, 0.1) is 6.92 Å². The molecule has 0 unspecified atom stereocenters. The number of amides is 1. The van der Waals surface area contributed by atoms with Crippen LogP contribution in [-0.2, 0) is 29.1 Å². The summed E-state index contributed by atoms with van der Waals surface area (Å²) in [5.41, 5.74) is 0.894. The Morgan fingerprint density at radius 3 is 2.35 bits per heavy atom. The van der Waals surface area contributed by atoms with E-state index in [1.807, 2.05) is 0 Å². The van der Waals surface area contributed by atoms with E-state index in [2.05, 4.69) is 5.32 Å². The quantitative estimate of drug-likeness (QED) is 0.612. The zero-order valence-electron chi connectivity index (χ0n) is 15.6. The molecule has 0 aliphatic heterocycles. The number of nitrogens with one attached hydrogen (secondary N) is 1. The Balaban J connectivity index is 2.84. The van der Waals surface area contributed by atoms with Gasteiger partial charge < -0.3 is 14.8 Å². The second-order valence-electron chi connectivity index (χ2n) is 5.42. The van der Waals surface area contributed by atoms with Crippen molar-refractivity contribution in [2.24, 2.45) is 0 Å². The number of ether oxygens (including phenoxy) is 2. The lowest BCUT2D eigenvalue weighted by Gasteiger charge is -2.20. The Labute approximate surface area is 154 Å². The number of anilines is 1. The maximum Gasteiger partial charge on any atom is 0.332 e. The van der Waals surface area contributed by atoms with Crippen molar-refractivity contribution in [2.45, 2.75) is 32.6 Å². The number of hydrogen-bond acceptors (Lipinski definition) is 6. The van der Waals surface area contributed by atoms with Crippen LogP contribution in [0.4, 0.5) is 5.69 Å². The first kappa shape index (κ1) is 22.1. The fourth-order valence-electron chi connectivity index (χ4n) is 2.23. The van der Waals surface area contributed by atoms with Crippen LogP contribution in [0.15, 0.2) is 23.1 Å². The average Bonchev–Trinajstić information content (AvgIpc) is 2.60. The third-order valence-electron chi connectivity index (χ3n) is 3.58. The van der Waals surface area contributed by atoms with Gasteiger partial charge in [0.1, 0.15) is 6.61 Å². The zero-order chi connectivity index (χ0) is 19.7. The Kier molecular flexibility index (Phi) is 8.70. The standard InChI is InChI=1S/C17H26N2O6S/c1-5-19(6-2)26(22,23)15-10-14(9-8-13(15)4)18-16(20)11-25-17(21)12-24-7-3/h8-10H,5-7,11-12H2,1-4H3,(H,18,20). The lowest BCUT2D eigenvalue weighted by Crippen LogP contribution is -2.31. The van der Waals surface area contributed by atoms with Crippen LogP contribution in [0.5, 0.6) is 0 Å². The van der Waals surface area contributed by atoms with Gasteiger partial charge in [-0.25, -0.2) is 13.2 Å². The molecule has 0 aromatic heterocycles. The summed E-state index contributed by atoms with van der Waals surface area (Å²) in [6.45, 7) is 7.33. The summed E-state index contributed by atoms with van der Waals surface area (Å²) < 4.78 is 36.4. The number of aryl methyl sites for hydroxylation is 1. The van der Waals surface area contributed by atoms with Gasteiger partial charge in [-0.2, -0.15) is 4.31 Å². The average molecular weight is 386 g/mol. The molecule has 1 N–H and O–H groups in total. The van der Waals surface area contributed by atoms with E-state index in [9.17, 15) is 18.0 Å². The Morgan fingerprint density at radius 1 is 1.12 bits per heavy atom. The molecular weight excluding hydrogens is 360 g/mol. The summed E-state index contributed by atoms with van der Waals surface area (Å²) in [6, 6.07) is 4.62. The molecule has 0 atom stereocenters. The van der Waals surface area contributed by atoms with Crippen molar-refractivity contribution in [3.05, 3.63) is 23.8 Å². The smallest absolute Gasteiger partial charge is 0.332 e. The summed E-state index contributed by atoms with van der Waals surface area (Å²) >= 11 is 0. The molecule has 8 nitrogen and oxygen atoms in total. The molecule has 1 aromatic rings. The molecule has 0 spiro atoms. The SMILES string of the molecule is CCOCC(=O)OCC(=O)Nc1ccc(C)c(S(=O)(=O)N(CC)CC)c1. The third-order valence-corrected chi connectivity index (χ3v) is 5.78. The van der Waals surface area contributed by atoms with Crippen molar-refractivity contribution in [2.75, 3.05) is 38.2 Å². The van der Waals surface area contributed by atoms with Crippen LogP contribution in [-0.4, -0.2) is 57.5 Å². The van der Waals surface area contributed by atoms with E-state index in [0.717, 1.165) is 0 Å². The highest BCUT2D eigenvalue weighted by Crippen LogP contribution is 2.23. The van der Waals surface area contributed by atoms with Crippen LogP contribution in [0.1, 0.15) is 26.3 Å². The van der Waals surface area contributed by atoms with Crippen LogP contribution in [0.25, 0.3) is 0 Å². The highest BCUT2D eigenvalue weighted by Gasteiger charge is 2.24. The maximum atomic E-state index is 12.7. The third kappa shape index (κ3) is 6.08. The second-order valence-corrected chi connectivity index (χ2v) is 7.32. The topological polar surface area (TPSA) is 102 Å². The van der Waals surface area contributed by atoms with Gasteiger partial charge in [0, 0.05) is 25.4 Å². The largest absolute Gasteiger partial charge is 0.454 e. The first-order chi connectivity index (χ1) is 12.3. The molecule has 1 rings (SSSR count). The van der Waals surface area contributed by atoms with E-state index in [-0.39, 0.29) is 11.5 Å². The van der Waals surface area contributed by atoms with Gasteiger partial charge in [0.05, 0.1) is 4.90 Å². The molecule has 9 heteroatoms. The fraction of sp³-hybridized carbons (Fsp3) is 0.529. The molecule has 0 aliphatic rings. The number of rotatable bonds is 10. The molecule has 1 aromatic carbocycles. The molecule has 0 saturated heterocycles. The molecule has 1 amide bonds. The van der Waals surface area contributed by atoms with Crippen molar-refractivity contribution >= 4 is 27.6 Å². The predicted molar refractivity (Wildman–Crippen MR) is 97.4 cm³/mol. The molecule has 0 fully saturated rings. The first-order valence-electron chi connectivity index (χ1n) is 8.40. The van der Waals surface area contributed by atoms with Crippen molar-refractivity contribution in [3.8, 4) is 0 Å². The van der Waals surface area contributed by atoms with E-state index >= 15 is 0 Å². The number of benzene rings is 1. The summed E-state index contributed by atoms with van der Waals surface area (Å²) in [7, 11) is -3.65. The van der Waals surface area contributed by atoms with Crippen LogP contribution in [0.2, 0.25) is 0 Å². The Morgan fingerprint density at radius 2 is 1.77 bits per heavy atom. The minimum absolute atomic E-state index is 0.132. The lowest BCUT2D eigenvalue weighted by molar-refractivity contribution is -0.151. The van der Waals surface area contributed by atoms with Gasteiger partial charge >= 0.3 is 5.97 Å². The van der Waals surface area contributed by atoms with Crippen molar-refractivity contribution in [1.82, 2.24) is 4.31 Å². The van der Waals surface area contributed by atoms with E-state index in [4.69, 9.17) is 9.47 Å². The molecule has 0 heterocycles. The van der Waals surface area contributed by atoms with Crippen LogP contribution in [0.3, 0.4) is 0 Å². The maximum absolute atomic E-state index is 12.7. The predicted octanol–water partition coefficient (Wildman–Crippen LogP) is 1.54. The first-order valence-corrected chi connectivity index (χ1v) is 9.84. The van der Waals surface area contributed by atoms with Gasteiger partial charge in [0.15, 0.2) is 6.61 Å². The summed E-state index contributed by atoms with van der Waals surface area (Å²) in [5, 5.41) is 2.53. The van der Waals surface area contributed by atoms with Gasteiger partial charge in [-0.3, -0.25) is 4.79 Å². The van der Waals surface area contributed by atoms with Crippen LogP contribution < -0.4 is 5.32 Å². The highest BCUT2D eigenvalue weighted by atomic mass is 32.2. The van der Waals surface area contributed by atoms with E-state index in [1.165, 1.54) is 10.4 Å². The molecule has 26 heavy (non-hydrogen) atoms. The number of esters is 1. The molecule has 0 aliphatic carbocycles. The minimum Gasteiger partial charge on any atom is -0.454 e. The lowest BCUT2D eigenvalue weighted by atomic mass is 10.2. The molecule has 0 radical (unpaired) electrons. The Bertz CT molecular complexity index is 729. The van der Waals surface area contributed by atoms with Crippen molar-refractivity contribution in [1.29, 1.82) is 0 Å². The number of carbonyl (C=O) groups is 2. The zero-order valence-corrected chi connectivity index (χ0v) is 16.4. The van der Waals surface area contributed by atoms with Gasteiger partial charge in [0.2, 0.25) is 10.0 Å². The van der Waals surface area contributed by atoms with Gasteiger partial charge in [-0.1, -0.05) is 19.9 Å². The van der Waals surface area contributed by atoms with E-state index < -0.39 is 28.5 Å². The number of sulfonamides is 1. The van der Waals surface area contributed by atoms with Crippen molar-refractivity contribution < 1.29 is 27.5 Å². The monoisotopic (exact) mass is 386 g/mol. The molecule has 0 saturated carbocycles. The number of carbonyl (C=O) groups excluding carboxylic acids is 2. The minimum atomic E-state index is -3.65. The molecular formula is C17H26N2O6S. The second kappa shape index (κ2) is 10.2. The number of hydrogen-bond donors (Lipinski definition) is 1. The van der Waals surface area contributed by atoms with Gasteiger partial charge in [0.25, 0.3) is 5.91 Å². The Hall–Kier alpha value is -1.97. The summed E-state index contributed by atoms with van der Waals surface area (Å²) in [4.78, 5) is 23.3. The highest BCUT2D eigenvalue weighted by molar-refractivity contribution is 7.89. The summed E-state index contributed by atoms with van der Waals surface area (Å²) in [5.74, 6) is -1.21. The number of nitrogens with zero attached hydrogens (tertiary/aromatic N) is 1. The van der Waals surface area contributed by atoms with Crippen LogP contribution >= 0.6 is 0 Å². The fourth-order valence-corrected chi connectivity index (χ4v) is 3.94. The van der Waals surface area contributed by atoms with E-state index in [1.54, 1.807) is 39.8 Å². The normalized spacial score (nSPS) is 11.4. The van der Waals surface area contributed by atoms with Crippen molar-refractivity contribution in [3.63, 3.8) is 0 Å². The van der Waals surface area contributed by atoms with Gasteiger partial charge in [-0.05, 0) is 31.5 Å². The molecule has 0 bridgehead atoms. The van der Waals surface area contributed by atoms with E-state index in [0.29, 0.717) is 30.9 Å². The summed E-state index contributed by atoms with van der Waals surface area (Å²) in [6.07, 6.45) is 0. The van der Waals surface area contributed by atoms with Gasteiger partial charge in [-0.15, -0.1) is 0 Å². The molecule has 146 valence electrons.